The molecule has 0 amide bonds. The number of fused-ring (bicyclic) bond motifs is 1. The summed E-state index contributed by atoms with van der Waals surface area (Å²) in [7, 11) is 0. The lowest BCUT2D eigenvalue weighted by Crippen LogP contribution is -2.16. The molecule has 0 saturated carbocycles. The summed E-state index contributed by atoms with van der Waals surface area (Å²) in [6.07, 6.45) is 0. The zero-order valence-corrected chi connectivity index (χ0v) is 8.53. The quantitative estimate of drug-likeness (QED) is 0.761. The van der Waals surface area contributed by atoms with Crippen LogP contribution >= 0.6 is 0 Å². The summed E-state index contributed by atoms with van der Waals surface area (Å²) in [5.74, 6) is -0.943. The van der Waals surface area contributed by atoms with Crippen molar-refractivity contribution in [1.82, 2.24) is 4.98 Å². The summed E-state index contributed by atoms with van der Waals surface area (Å²) in [6, 6.07) is 5.06. The first kappa shape index (κ1) is 9.58. The van der Waals surface area contributed by atoms with E-state index in [0.717, 1.165) is 11.4 Å². The fourth-order valence-electron chi connectivity index (χ4n) is 1.49. The Morgan fingerprint density at radius 2 is 2.13 bits per heavy atom. The smallest absolute Gasteiger partial charge is 0.342 e. The van der Waals surface area contributed by atoms with Crippen molar-refractivity contribution >= 4 is 17.0 Å². The fourth-order valence-corrected chi connectivity index (χ4v) is 1.49. The van der Waals surface area contributed by atoms with E-state index in [2.05, 4.69) is 9.97 Å². The average Bonchev–Trinajstić information content (AvgIpc) is 2.18. The van der Waals surface area contributed by atoms with E-state index in [1.54, 1.807) is 18.2 Å². The van der Waals surface area contributed by atoms with Crippen molar-refractivity contribution in [1.29, 1.82) is 0 Å². The van der Waals surface area contributed by atoms with Crippen molar-refractivity contribution in [3.8, 4) is 0 Å². The predicted molar refractivity (Wildman–Crippen MR) is 54.7 cm³/mol. The summed E-state index contributed by atoms with van der Waals surface area (Å²) in [5.41, 5.74) is 3.27. The van der Waals surface area contributed by atoms with E-state index in [1.807, 2.05) is 13.8 Å². The first-order chi connectivity index (χ1) is 7.09. The zero-order chi connectivity index (χ0) is 11.0. The van der Waals surface area contributed by atoms with E-state index < -0.39 is 5.97 Å². The number of benzene rings is 1. The van der Waals surface area contributed by atoms with Gasteiger partial charge in [-0.3, -0.25) is 0 Å². The standard InChI is InChI=1S/C11H10N2O2/c1-6-7(2)13-10-8(11(14)15)4-3-5-9(10)12-6/h3-5H,1-2H3,(H,14,15)/p+1. The summed E-state index contributed by atoms with van der Waals surface area (Å²) >= 11 is 0. The highest BCUT2D eigenvalue weighted by Crippen LogP contribution is 2.13. The number of H-pyrrole nitrogens is 1. The number of carbonyl (C=O) groups is 1. The third-order valence-electron chi connectivity index (χ3n) is 2.42. The Hall–Kier alpha value is -1.97. The molecule has 0 radical (unpaired) electrons. The molecule has 0 saturated heterocycles. The third-order valence-corrected chi connectivity index (χ3v) is 2.42. The van der Waals surface area contributed by atoms with Gasteiger partial charge < -0.3 is 5.11 Å². The molecule has 1 aromatic heterocycles. The van der Waals surface area contributed by atoms with Gasteiger partial charge in [0.05, 0.1) is 0 Å². The van der Waals surface area contributed by atoms with Gasteiger partial charge in [0.1, 0.15) is 16.8 Å². The summed E-state index contributed by atoms with van der Waals surface area (Å²) in [6.45, 7) is 3.76. The molecule has 0 spiro atoms. The van der Waals surface area contributed by atoms with Crippen molar-refractivity contribution in [2.24, 2.45) is 0 Å². The molecule has 0 unspecified atom stereocenters. The Kier molecular flexibility index (Phi) is 2.11. The molecule has 1 aromatic carbocycles. The van der Waals surface area contributed by atoms with Crippen LogP contribution in [0.2, 0.25) is 0 Å². The molecule has 4 heteroatoms. The van der Waals surface area contributed by atoms with Gasteiger partial charge >= 0.3 is 5.97 Å². The second kappa shape index (κ2) is 3.31. The molecule has 0 atom stereocenters. The first-order valence-corrected chi connectivity index (χ1v) is 4.62. The predicted octanol–water partition coefficient (Wildman–Crippen LogP) is 1.36. The highest BCUT2D eigenvalue weighted by atomic mass is 16.4. The first-order valence-electron chi connectivity index (χ1n) is 4.62. The van der Waals surface area contributed by atoms with Gasteiger partial charge in [-0.2, -0.15) is 0 Å². The zero-order valence-electron chi connectivity index (χ0n) is 8.53. The van der Waals surface area contributed by atoms with Crippen LogP contribution in [0.3, 0.4) is 0 Å². The number of carboxylic acids is 1. The van der Waals surface area contributed by atoms with E-state index in [9.17, 15) is 4.79 Å². The van der Waals surface area contributed by atoms with Gasteiger partial charge in [-0.25, -0.2) is 14.8 Å². The van der Waals surface area contributed by atoms with Crippen molar-refractivity contribution in [2.45, 2.75) is 13.8 Å². The number of aryl methyl sites for hydroxylation is 2. The maximum absolute atomic E-state index is 11.0. The van der Waals surface area contributed by atoms with Gasteiger partial charge in [0.25, 0.3) is 0 Å². The van der Waals surface area contributed by atoms with E-state index in [1.165, 1.54) is 0 Å². The van der Waals surface area contributed by atoms with Crippen molar-refractivity contribution in [2.75, 3.05) is 0 Å². The number of hydrogen-bond donors (Lipinski definition) is 1. The second-order valence-corrected chi connectivity index (χ2v) is 3.45. The van der Waals surface area contributed by atoms with Crippen LogP contribution in [-0.4, -0.2) is 16.1 Å². The van der Waals surface area contributed by atoms with E-state index >= 15 is 0 Å². The van der Waals surface area contributed by atoms with Crippen LogP contribution in [0.1, 0.15) is 21.7 Å². The minimum absolute atomic E-state index is 0.253. The SMILES string of the molecule is Cc1nc2cccc(C(=O)O)c2[nH+]c1C. The van der Waals surface area contributed by atoms with Crippen molar-refractivity contribution in [3.05, 3.63) is 35.2 Å². The van der Waals surface area contributed by atoms with Gasteiger partial charge in [-0.05, 0) is 19.1 Å². The lowest BCUT2D eigenvalue weighted by Gasteiger charge is -1.98. The van der Waals surface area contributed by atoms with Gasteiger partial charge in [0, 0.05) is 6.92 Å². The van der Waals surface area contributed by atoms with Crippen molar-refractivity contribution < 1.29 is 14.9 Å². The summed E-state index contributed by atoms with van der Waals surface area (Å²) in [4.78, 5) is 18.4. The van der Waals surface area contributed by atoms with Crippen LogP contribution in [0.15, 0.2) is 18.2 Å². The van der Waals surface area contributed by atoms with Crippen LogP contribution in [0.25, 0.3) is 11.0 Å². The van der Waals surface area contributed by atoms with Crippen molar-refractivity contribution in [3.63, 3.8) is 0 Å². The second-order valence-electron chi connectivity index (χ2n) is 3.45. The highest BCUT2D eigenvalue weighted by molar-refractivity contribution is 5.99. The molecule has 4 nitrogen and oxygen atoms in total. The molecule has 1 heterocycles. The number of rotatable bonds is 1. The maximum atomic E-state index is 11.0. The Morgan fingerprint density at radius 1 is 1.40 bits per heavy atom. The van der Waals surface area contributed by atoms with Gasteiger partial charge in [-0.1, -0.05) is 6.07 Å². The lowest BCUT2D eigenvalue weighted by molar-refractivity contribution is -0.356. The third kappa shape index (κ3) is 1.54. The molecule has 0 aliphatic rings. The minimum Gasteiger partial charge on any atom is -0.477 e. The van der Waals surface area contributed by atoms with Crippen LogP contribution < -0.4 is 4.98 Å². The molecular formula is C11H11N2O2+. The van der Waals surface area contributed by atoms with Crippen LogP contribution in [0, 0.1) is 13.8 Å². The normalized spacial score (nSPS) is 10.5. The Balaban J connectivity index is 2.86. The number of nitrogens with one attached hydrogen (secondary N) is 1. The van der Waals surface area contributed by atoms with E-state index in [4.69, 9.17) is 5.11 Å². The minimum atomic E-state index is -0.943. The Labute approximate surface area is 86.6 Å². The van der Waals surface area contributed by atoms with Crippen LogP contribution in [0.5, 0.6) is 0 Å². The largest absolute Gasteiger partial charge is 0.477 e. The molecular weight excluding hydrogens is 192 g/mol. The molecule has 0 bridgehead atoms. The molecule has 76 valence electrons. The van der Waals surface area contributed by atoms with E-state index in [-0.39, 0.29) is 5.56 Å². The number of carboxylic acid groups (broad SMARTS) is 1. The number of aromatic carboxylic acids is 1. The molecule has 0 aliphatic carbocycles. The molecule has 2 N–H and O–H groups in total. The molecule has 2 rings (SSSR count). The number of nitrogens with zero attached hydrogens (tertiary/aromatic N) is 1. The fraction of sp³-hybridized carbons (Fsp3) is 0.182. The average molecular weight is 203 g/mol. The molecule has 0 fully saturated rings. The maximum Gasteiger partial charge on any atom is 0.342 e. The molecule has 0 aliphatic heterocycles. The van der Waals surface area contributed by atoms with Crippen LogP contribution in [0.4, 0.5) is 0 Å². The number of aromatic nitrogens is 2. The Morgan fingerprint density at radius 3 is 2.80 bits per heavy atom. The molecule has 15 heavy (non-hydrogen) atoms. The van der Waals surface area contributed by atoms with Crippen LogP contribution in [-0.2, 0) is 0 Å². The Bertz CT molecular complexity index is 550. The highest BCUT2D eigenvalue weighted by Gasteiger charge is 2.16. The number of aromatic amines is 1. The number of hydrogen-bond acceptors (Lipinski definition) is 2. The summed E-state index contributed by atoms with van der Waals surface area (Å²) < 4.78 is 0. The van der Waals surface area contributed by atoms with Gasteiger partial charge in [-0.15, -0.1) is 0 Å². The number of para-hydroxylation sites is 1. The molecule has 2 aromatic rings. The van der Waals surface area contributed by atoms with Gasteiger partial charge in [0.15, 0.2) is 5.69 Å². The summed E-state index contributed by atoms with van der Waals surface area (Å²) in [5, 5.41) is 9.00. The van der Waals surface area contributed by atoms with Gasteiger partial charge in [0.2, 0.25) is 5.52 Å². The topological polar surface area (TPSA) is 64.3 Å². The monoisotopic (exact) mass is 203 g/mol. The lowest BCUT2D eigenvalue weighted by atomic mass is 10.1. The van der Waals surface area contributed by atoms with E-state index in [0.29, 0.717) is 11.0 Å².